The predicted molar refractivity (Wildman–Crippen MR) is 60.2 cm³/mol. The third-order valence-corrected chi connectivity index (χ3v) is 3.59. The topological polar surface area (TPSA) is 76.2 Å². The first-order valence-electron chi connectivity index (χ1n) is 4.70. The van der Waals surface area contributed by atoms with Crippen molar-refractivity contribution < 1.29 is 9.90 Å². The quantitative estimate of drug-likeness (QED) is 0.755. The number of hydrogen-bond acceptors (Lipinski definition) is 4. The summed E-state index contributed by atoms with van der Waals surface area (Å²) in [5.41, 5.74) is 8.65. The Balaban J connectivity index is 2.68. The molecule has 0 unspecified atom stereocenters. The molecule has 0 radical (unpaired) electrons. The van der Waals surface area contributed by atoms with E-state index in [0.717, 1.165) is 34.7 Å². The minimum absolute atomic E-state index is 0.144. The van der Waals surface area contributed by atoms with Crippen molar-refractivity contribution in [2.24, 2.45) is 0 Å². The van der Waals surface area contributed by atoms with Crippen LogP contribution in [0.15, 0.2) is 0 Å². The Kier molecular flexibility index (Phi) is 2.56. The van der Waals surface area contributed by atoms with Crippen molar-refractivity contribution in [1.82, 2.24) is 4.98 Å². The van der Waals surface area contributed by atoms with Crippen LogP contribution >= 0.6 is 11.8 Å². The molecule has 0 saturated heterocycles. The highest BCUT2D eigenvalue weighted by molar-refractivity contribution is 7.98. The molecular weight excluding hydrogens is 212 g/mol. The van der Waals surface area contributed by atoms with Crippen LogP contribution in [0.3, 0.4) is 0 Å². The van der Waals surface area contributed by atoms with Gasteiger partial charge in [-0.2, -0.15) is 11.8 Å². The molecule has 1 aromatic rings. The Bertz CT molecular complexity index is 432. The molecule has 5 heteroatoms. The summed E-state index contributed by atoms with van der Waals surface area (Å²) in [4.78, 5) is 15.2. The van der Waals surface area contributed by atoms with E-state index in [1.807, 2.05) is 6.92 Å². The van der Waals surface area contributed by atoms with E-state index in [-0.39, 0.29) is 11.4 Å². The summed E-state index contributed by atoms with van der Waals surface area (Å²) in [5, 5.41) is 9.09. The zero-order valence-electron chi connectivity index (χ0n) is 8.41. The summed E-state index contributed by atoms with van der Waals surface area (Å²) in [6.07, 6.45) is 0.773. The average Bonchev–Trinajstić information content (AvgIpc) is 2.17. The normalized spacial score (nSPS) is 14.7. The molecule has 0 atom stereocenters. The largest absolute Gasteiger partial charge is 0.478 e. The van der Waals surface area contributed by atoms with Crippen molar-refractivity contribution in [3.05, 3.63) is 22.4 Å². The summed E-state index contributed by atoms with van der Waals surface area (Å²) in [6.45, 7) is 1.88. The maximum atomic E-state index is 11.1. The van der Waals surface area contributed by atoms with E-state index in [4.69, 9.17) is 10.8 Å². The number of carbonyl (C=O) groups is 1. The van der Waals surface area contributed by atoms with Gasteiger partial charge in [0, 0.05) is 11.4 Å². The van der Waals surface area contributed by atoms with Gasteiger partial charge in [-0.25, -0.2) is 9.78 Å². The van der Waals surface area contributed by atoms with E-state index in [0.29, 0.717) is 0 Å². The molecule has 0 fully saturated rings. The summed E-state index contributed by atoms with van der Waals surface area (Å²) >= 11 is 1.80. The zero-order chi connectivity index (χ0) is 11.0. The Morgan fingerprint density at radius 2 is 2.27 bits per heavy atom. The number of thioether (sulfide) groups is 1. The Morgan fingerprint density at radius 3 is 2.93 bits per heavy atom. The lowest BCUT2D eigenvalue weighted by atomic mass is 9.99. The van der Waals surface area contributed by atoms with Gasteiger partial charge in [0.15, 0.2) is 0 Å². The van der Waals surface area contributed by atoms with Crippen LogP contribution in [0.2, 0.25) is 0 Å². The maximum absolute atomic E-state index is 11.1. The molecule has 0 aromatic carbocycles. The highest BCUT2D eigenvalue weighted by Gasteiger charge is 2.23. The van der Waals surface area contributed by atoms with Crippen LogP contribution in [0.1, 0.15) is 27.2 Å². The first-order valence-corrected chi connectivity index (χ1v) is 5.85. The first-order chi connectivity index (χ1) is 7.11. The van der Waals surface area contributed by atoms with E-state index < -0.39 is 5.97 Å². The van der Waals surface area contributed by atoms with Crippen molar-refractivity contribution in [2.75, 3.05) is 11.5 Å². The standard InChI is InChI=1S/C10H12N2O2S/c1-5-7-4-15-3-2-6(7)8(10(13)14)9(11)12-5/h2-4H2,1H3,(H2,11,12)(H,13,14). The maximum Gasteiger partial charge on any atom is 0.339 e. The monoisotopic (exact) mass is 224 g/mol. The van der Waals surface area contributed by atoms with E-state index >= 15 is 0 Å². The summed E-state index contributed by atoms with van der Waals surface area (Å²) in [6, 6.07) is 0. The highest BCUT2D eigenvalue weighted by Crippen LogP contribution is 2.31. The van der Waals surface area contributed by atoms with E-state index in [2.05, 4.69) is 4.98 Å². The van der Waals surface area contributed by atoms with E-state index in [1.165, 1.54) is 0 Å². The molecule has 1 aromatic heterocycles. The zero-order valence-corrected chi connectivity index (χ0v) is 9.23. The van der Waals surface area contributed by atoms with Crippen molar-refractivity contribution in [2.45, 2.75) is 19.1 Å². The Hall–Kier alpha value is -1.23. The minimum Gasteiger partial charge on any atom is -0.478 e. The molecule has 2 rings (SSSR count). The lowest BCUT2D eigenvalue weighted by Crippen LogP contribution is -2.16. The molecule has 0 spiro atoms. The molecule has 0 aliphatic carbocycles. The number of pyridine rings is 1. The van der Waals surface area contributed by atoms with Crippen molar-refractivity contribution >= 4 is 23.5 Å². The molecular formula is C10H12N2O2S. The third-order valence-electron chi connectivity index (χ3n) is 2.60. The molecule has 0 bridgehead atoms. The molecule has 0 saturated carbocycles. The number of nitrogen functional groups attached to an aromatic ring is 1. The molecule has 0 amide bonds. The lowest BCUT2D eigenvalue weighted by molar-refractivity contribution is 0.0696. The number of anilines is 1. The van der Waals surface area contributed by atoms with Gasteiger partial charge >= 0.3 is 5.97 Å². The Labute approximate surface area is 91.9 Å². The number of aryl methyl sites for hydroxylation is 1. The SMILES string of the molecule is Cc1nc(N)c(C(=O)O)c2c1CSCC2. The molecule has 3 N–H and O–H groups in total. The number of aromatic nitrogens is 1. The number of hydrogen-bond donors (Lipinski definition) is 2. The van der Waals surface area contributed by atoms with Crippen molar-refractivity contribution in [3.8, 4) is 0 Å². The number of aromatic carboxylic acids is 1. The van der Waals surface area contributed by atoms with Gasteiger partial charge in [0.05, 0.1) is 0 Å². The molecule has 1 aliphatic rings. The minimum atomic E-state index is -0.969. The highest BCUT2D eigenvalue weighted by atomic mass is 32.2. The second kappa shape index (κ2) is 3.73. The van der Waals surface area contributed by atoms with Gasteiger partial charge in [-0.3, -0.25) is 0 Å². The number of carboxylic acids is 1. The molecule has 80 valence electrons. The number of nitrogens with zero attached hydrogens (tertiary/aromatic N) is 1. The number of rotatable bonds is 1. The van der Waals surface area contributed by atoms with Crippen LogP contribution in [0, 0.1) is 6.92 Å². The van der Waals surface area contributed by atoms with Crippen LogP contribution in [0.5, 0.6) is 0 Å². The molecule has 4 nitrogen and oxygen atoms in total. The van der Waals surface area contributed by atoms with Crippen molar-refractivity contribution in [1.29, 1.82) is 0 Å². The van der Waals surface area contributed by atoms with Gasteiger partial charge < -0.3 is 10.8 Å². The molecule has 1 aliphatic heterocycles. The van der Waals surface area contributed by atoms with Crippen LogP contribution in [0.25, 0.3) is 0 Å². The van der Waals surface area contributed by atoms with E-state index in [1.54, 1.807) is 11.8 Å². The number of carboxylic acid groups (broad SMARTS) is 1. The van der Waals surface area contributed by atoms with Gasteiger partial charge in [0.1, 0.15) is 11.4 Å². The fourth-order valence-electron chi connectivity index (χ4n) is 1.88. The third kappa shape index (κ3) is 1.67. The number of fused-ring (bicyclic) bond motifs is 1. The van der Waals surface area contributed by atoms with Gasteiger partial charge in [-0.1, -0.05) is 0 Å². The average molecular weight is 224 g/mol. The van der Waals surface area contributed by atoms with Gasteiger partial charge in [-0.15, -0.1) is 0 Å². The Morgan fingerprint density at radius 1 is 1.53 bits per heavy atom. The second-order valence-corrected chi connectivity index (χ2v) is 4.63. The van der Waals surface area contributed by atoms with Gasteiger partial charge in [0.25, 0.3) is 0 Å². The summed E-state index contributed by atoms with van der Waals surface area (Å²) in [5.74, 6) is 0.971. The van der Waals surface area contributed by atoms with Crippen LogP contribution in [0.4, 0.5) is 5.82 Å². The second-order valence-electron chi connectivity index (χ2n) is 3.52. The smallest absolute Gasteiger partial charge is 0.339 e. The predicted octanol–water partition coefficient (Wildman–Crippen LogP) is 1.46. The molecule has 15 heavy (non-hydrogen) atoms. The van der Waals surface area contributed by atoms with Crippen LogP contribution in [-0.2, 0) is 12.2 Å². The van der Waals surface area contributed by atoms with Crippen LogP contribution in [-0.4, -0.2) is 21.8 Å². The number of nitrogens with two attached hydrogens (primary N) is 1. The lowest BCUT2D eigenvalue weighted by Gasteiger charge is -2.20. The summed E-state index contributed by atoms with van der Waals surface area (Å²) in [7, 11) is 0. The first kappa shape index (κ1) is 10.3. The molecule has 2 heterocycles. The fourth-order valence-corrected chi connectivity index (χ4v) is 2.96. The fraction of sp³-hybridized carbons (Fsp3) is 0.400. The van der Waals surface area contributed by atoms with Gasteiger partial charge in [-0.05, 0) is 30.2 Å². The summed E-state index contributed by atoms with van der Waals surface area (Å²) < 4.78 is 0. The van der Waals surface area contributed by atoms with Gasteiger partial charge in [0.2, 0.25) is 0 Å². The van der Waals surface area contributed by atoms with Crippen LogP contribution < -0.4 is 5.73 Å². The van der Waals surface area contributed by atoms with E-state index in [9.17, 15) is 4.79 Å². The van der Waals surface area contributed by atoms with Crippen molar-refractivity contribution in [3.63, 3.8) is 0 Å².